The van der Waals surface area contributed by atoms with E-state index in [2.05, 4.69) is 15.7 Å². The van der Waals surface area contributed by atoms with Crippen LogP contribution in [0.5, 0.6) is 11.5 Å². The van der Waals surface area contributed by atoms with Crippen LogP contribution in [0.2, 0.25) is 0 Å². The van der Waals surface area contributed by atoms with E-state index < -0.39 is 16.9 Å². The number of nitrogens with one attached hydrogen (secondary N) is 2. The number of aryl methyl sites for hydroxylation is 2. The number of anilines is 2. The Bertz CT molecular complexity index is 1320. The minimum absolute atomic E-state index is 0.0963. The molecule has 0 fully saturated rings. The zero-order valence-corrected chi connectivity index (χ0v) is 19.0. The number of carbonyl (C=O) groups excluding carboxylic acids is 2. The van der Waals surface area contributed by atoms with Gasteiger partial charge in [-0.1, -0.05) is 12.1 Å². The van der Waals surface area contributed by atoms with E-state index in [1.807, 2.05) is 13.0 Å². The molecule has 11 nitrogen and oxygen atoms in total. The van der Waals surface area contributed by atoms with E-state index in [0.717, 1.165) is 5.56 Å². The first-order chi connectivity index (χ1) is 16.2. The number of nitrogens with zero attached hydrogens (tertiary/aromatic N) is 3. The van der Waals surface area contributed by atoms with Crippen molar-refractivity contribution < 1.29 is 24.0 Å². The average Bonchev–Trinajstić information content (AvgIpc) is 3.27. The standard InChI is InChI=1S/C23H23N5O6/c1-12-5-7-15(10-16(12)28(31)32)24-20(29)11-17-23(30)25-22-21(13(2)26-27(17)22)14-6-8-18(33-3)19(9-14)34-4/h5-10,17H,11H2,1-4H3,(H,24,29)(H,25,30). The summed E-state index contributed by atoms with van der Waals surface area (Å²) in [7, 11) is 3.08. The fourth-order valence-corrected chi connectivity index (χ4v) is 3.99. The van der Waals surface area contributed by atoms with Gasteiger partial charge >= 0.3 is 0 Å². The van der Waals surface area contributed by atoms with Crippen molar-refractivity contribution in [1.82, 2.24) is 9.78 Å². The fourth-order valence-electron chi connectivity index (χ4n) is 3.99. The van der Waals surface area contributed by atoms with Gasteiger partial charge in [-0.15, -0.1) is 0 Å². The van der Waals surface area contributed by atoms with E-state index in [0.29, 0.717) is 34.1 Å². The van der Waals surface area contributed by atoms with Crippen LogP contribution >= 0.6 is 0 Å². The molecule has 0 saturated carbocycles. The molecular weight excluding hydrogens is 442 g/mol. The van der Waals surface area contributed by atoms with Gasteiger partial charge in [0.25, 0.3) is 11.6 Å². The highest BCUT2D eigenvalue weighted by atomic mass is 16.6. The first kappa shape index (κ1) is 22.8. The molecule has 176 valence electrons. The predicted octanol–water partition coefficient (Wildman–Crippen LogP) is 3.61. The number of ether oxygens (including phenoxy) is 2. The highest BCUT2D eigenvalue weighted by molar-refractivity contribution is 6.04. The van der Waals surface area contributed by atoms with Crippen LogP contribution in [0.15, 0.2) is 36.4 Å². The molecule has 4 rings (SSSR count). The smallest absolute Gasteiger partial charge is 0.274 e. The third-order valence-corrected chi connectivity index (χ3v) is 5.67. The number of hydrogen-bond donors (Lipinski definition) is 2. The van der Waals surface area contributed by atoms with Gasteiger partial charge in [0.15, 0.2) is 11.5 Å². The summed E-state index contributed by atoms with van der Waals surface area (Å²) in [5.41, 5.74) is 2.82. The lowest BCUT2D eigenvalue weighted by molar-refractivity contribution is -0.385. The van der Waals surface area contributed by atoms with Crippen molar-refractivity contribution in [2.45, 2.75) is 26.3 Å². The third-order valence-electron chi connectivity index (χ3n) is 5.67. The van der Waals surface area contributed by atoms with Crippen molar-refractivity contribution >= 4 is 29.0 Å². The van der Waals surface area contributed by atoms with E-state index in [1.165, 1.54) is 17.9 Å². The molecule has 1 aromatic heterocycles. The maximum absolute atomic E-state index is 12.7. The van der Waals surface area contributed by atoms with Crippen molar-refractivity contribution in [3.05, 3.63) is 57.8 Å². The Morgan fingerprint density at radius 2 is 1.91 bits per heavy atom. The van der Waals surface area contributed by atoms with Crippen LogP contribution in [0.25, 0.3) is 11.1 Å². The second kappa shape index (κ2) is 8.85. The summed E-state index contributed by atoms with van der Waals surface area (Å²) in [6.07, 6.45) is -0.187. The van der Waals surface area contributed by atoms with Crippen LogP contribution in [0.3, 0.4) is 0 Å². The van der Waals surface area contributed by atoms with Gasteiger partial charge in [0.1, 0.15) is 11.9 Å². The molecule has 11 heteroatoms. The first-order valence-corrected chi connectivity index (χ1v) is 10.4. The van der Waals surface area contributed by atoms with E-state index >= 15 is 0 Å². The third kappa shape index (κ3) is 4.03. The highest BCUT2D eigenvalue weighted by Crippen LogP contribution is 2.41. The molecule has 0 radical (unpaired) electrons. The number of hydrogen-bond acceptors (Lipinski definition) is 7. The number of amides is 2. The maximum Gasteiger partial charge on any atom is 0.274 e. The van der Waals surface area contributed by atoms with Crippen molar-refractivity contribution in [1.29, 1.82) is 0 Å². The molecule has 1 aliphatic rings. The zero-order valence-electron chi connectivity index (χ0n) is 19.0. The lowest BCUT2D eigenvalue weighted by Gasteiger charge is -2.10. The minimum atomic E-state index is -0.858. The van der Waals surface area contributed by atoms with Crippen molar-refractivity contribution in [2.24, 2.45) is 0 Å². The number of nitro benzene ring substituents is 1. The van der Waals surface area contributed by atoms with Gasteiger partial charge in [0.05, 0.1) is 31.3 Å². The van der Waals surface area contributed by atoms with Gasteiger partial charge in [-0.25, -0.2) is 4.68 Å². The minimum Gasteiger partial charge on any atom is -0.493 e. The first-order valence-electron chi connectivity index (χ1n) is 10.4. The van der Waals surface area contributed by atoms with E-state index in [4.69, 9.17) is 9.47 Å². The number of fused-ring (bicyclic) bond motifs is 1. The van der Waals surface area contributed by atoms with Crippen LogP contribution in [-0.4, -0.2) is 40.7 Å². The summed E-state index contributed by atoms with van der Waals surface area (Å²) in [6.45, 7) is 3.43. The quantitative estimate of drug-likeness (QED) is 0.401. The number of aromatic nitrogens is 2. The molecule has 0 saturated heterocycles. The van der Waals surface area contributed by atoms with Gasteiger partial charge in [-0.3, -0.25) is 19.7 Å². The zero-order chi connectivity index (χ0) is 24.6. The van der Waals surface area contributed by atoms with E-state index in [9.17, 15) is 19.7 Å². The molecule has 1 atom stereocenters. The second-order valence-corrected chi connectivity index (χ2v) is 7.84. The number of nitro groups is 1. The summed E-state index contributed by atoms with van der Waals surface area (Å²) < 4.78 is 12.2. The molecule has 0 spiro atoms. The maximum atomic E-state index is 12.7. The molecule has 1 unspecified atom stereocenters. The molecule has 1 aliphatic heterocycles. The lowest BCUT2D eigenvalue weighted by Crippen LogP contribution is -2.23. The van der Waals surface area contributed by atoms with Crippen LogP contribution in [0.4, 0.5) is 17.2 Å². The molecule has 2 aromatic carbocycles. The Morgan fingerprint density at radius 1 is 1.18 bits per heavy atom. The number of benzene rings is 2. The molecule has 2 heterocycles. The van der Waals surface area contributed by atoms with Crippen LogP contribution in [0.1, 0.15) is 23.7 Å². The number of methoxy groups -OCH3 is 2. The second-order valence-electron chi connectivity index (χ2n) is 7.84. The van der Waals surface area contributed by atoms with Gasteiger partial charge < -0.3 is 20.1 Å². The fraction of sp³-hybridized carbons (Fsp3) is 0.261. The Morgan fingerprint density at radius 3 is 2.59 bits per heavy atom. The molecule has 2 N–H and O–H groups in total. The monoisotopic (exact) mass is 465 g/mol. The largest absolute Gasteiger partial charge is 0.493 e. The summed E-state index contributed by atoms with van der Waals surface area (Å²) >= 11 is 0. The summed E-state index contributed by atoms with van der Waals surface area (Å²) in [5, 5.41) is 21.1. The normalized spacial score (nSPS) is 14.4. The summed E-state index contributed by atoms with van der Waals surface area (Å²) in [4.78, 5) is 36.0. The molecule has 0 aliphatic carbocycles. The van der Waals surface area contributed by atoms with Gasteiger partial charge in [-0.05, 0) is 37.6 Å². The Balaban J connectivity index is 1.59. The summed E-state index contributed by atoms with van der Waals surface area (Å²) in [5.74, 6) is 0.758. The molecule has 34 heavy (non-hydrogen) atoms. The molecule has 0 bridgehead atoms. The Kier molecular flexibility index (Phi) is 5.93. The van der Waals surface area contributed by atoms with Gasteiger partial charge in [0.2, 0.25) is 5.91 Å². The summed E-state index contributed by atoms with van der Waals surface area (Å²) in [6, 6.07) is 8.96. The van der Waals surface area contributed by atoms with E-state index in [1.54, 1.807) is 38.3 Å². The SMILES string of the molecule is COc1ccc(-c2c(C)nn3c2NC(=O)C3CC(=O)Nc2ccc(C)c([N+](=O)[O-])c2)cc1OC. The van der Waals surface area contributed by atoms with Gasteiger partial charge in [0, 0.05) is 22.9 Å². The predicted molar refractivity (Wildman–Crippen MR) is 124 cm³/mol. The average molecular weight is 465 g/mol. The Hall–Kier alpha value is -4.41. The van der Waals surface area contributed by atoms with Crippen molar-refractivity contribution in [3.63, 3.8) is 0 Å². The molecule has 2 amide bonds. The van der Waals surface area contributed by atoms with E-state index in [-0.39, 0.29) is 23.7 Å². The van der Waals surface area contributed by atoms with Crippen LogP contribution < -0.4 is 20.1 Å². The number of carbonyl (C=O) groups is 2. The van der Waals surface area contributed by atoms with Crippen LogP contribution in [0, 0.1) is 24.0 Å². The molecule has 3 aromatic rings. The highest BCUT2D eigenvalue weighted by Gasteiger charge is 2.36. The lowest BCUT2D eigenvalue weighted by atomic mass is 10.1. The van der Waals surface area contributed by atoms with Crippen molar-refractivity contribution in [2.75, 3.05) is 24.9 Å². The van der Waals surface area contributed by atoms with Crippen LogP contribution in [-0.2, 0) is 9.59 Å². The topological polar surface area (TPSA) is 138 Å². The van der Waals surface area contributed by atoms with Crippen molar-refractivity contribution in [3.8, 4) is 22.6 Å². The Labute approximate surface area is 194 Å². The van der Waals surface area contributed by atoms with Gasteiger partial charge in [-0.2, -0.15) is 5.10 Å². The molecular formula is C23H23N5O6. The number of rotatable bonds is 7.